The lowest BCUT2D eigenvalue weighted by molar-refractivity contribution is -0.390. The molecule has 0 aliphatic heterocycles. The fourth-order valence-corrected chi connectivity index (χ4v) is 1.99. The highest BCUT2D eigenvalue weighted by atomic mass is 19.1. The molecule has 12 heteroatoms. The van der Waals surface area contributed by atoms with Crippen molar-refractivity contribution in [2.75, 3.05) is 18.9 Å². The summed E-state index contributed by atoms with van der Waals surface area (Å²) in [6.07, 6.45) is 0. The van der Waals surface area contributed by atoms with Crippen LogP contribution in [0.2, 0.25) is 0 Å². The average Bonchev–Trinajstić information content (AvgIpc) is 2.65. The van der Waals surface area contributed by atoms with Gasteiger partial charge >= 0.3 is 17.6 Å². The molecule has 2 rings (SSSR count). The van der Waals surface area contributed by atoms with Crippen molar-refractivity contribution in [1.29, 1.82) is 0 Å². The van der Waals surface area contributed by atoms with Gasteiger partial charge in [-0.25, -0.2) is 18.4 Å². The molecule has 2 N–H and O–H groups in total. The lowest BCUT2D eigenvalue weighted by Gasteiger charge is -2.03. The van der Waals surface area contributed by atoms with Crippen LogP contribution in [0, 0.1) is 33.4 Å². The van der Waals surface area contributed by atoms with Crippen molar-refractivity contribution in [2.45, 2.75) is 13.8 Å². The molecule has 30 heavy (non-hydrogen) atoms. The van der Waals surface area contributed by atoms with Crippen molar-refractivity contribution < 1.29 is 41.5 Å². The molecule has 2 aromatic carbocycles. The summed E-state index contributed by atoms with van der Waals surface area (Å²) in [6, 6.07) is 2.82. The number of esters is 2. The Labute approximate surface area is 167 Å². The van der Waals surface area contributed by atoms with E-state index in [2.05, 4.69) is 9.47 Å². The van der Waals surface area contributed by atoms with E-state index in [1.54, 1.807) is 6.92 Å². The van der Waals surface area contributed by atoms with Crippen molar-refractivity contribution in [3.63, 3.8) is 0 Å². The summed E-state index contributed by atoms with van der Waals surface area (Å²) in [5.41, 5.74) is 2.55. The van der Waals surface area contributed by atoms with Crippen LogP contribution in [0.5, 0.6) is 0 Å². The number of carbonyl (C=O) groups is 2. The zero-order valence-electron chi connectivity index (χ0n) is 15.7. The molecule has 0 saturated heterocycles. The van der Waals surface area contributed by atoms with Crippen molar-refractivity contribution >= 4 is 23.3 Å². The Kier molecular flexibility index (Phi) is 8.71. The first-order chi connectivity index (χ1) is 14.0. The van der Waals surface area contributed by atoms with Gasteiger partial charge in [-0.1, -0.05) is 0 Å². The first-order valence-electron chi connectivity index (χ1n) is 8.25. The molecule has 2 aromatic rings. The molecule has 0 amide bonds. The molecule has 0 radical (unpaired) electrons. The van der Waals surface area contributed by atoms with Gasteiger partial charge < -0.3 is 15.2 Å². The monoisotopic (exact) mass is 432 g/mol. The second-order valence-electron chi connectivity index (χ2n) is 5.34. The third-order valence-corrected chi connectivity index (χ3v) is 3.30. The summed E-state index contributed by atoms with van der Waals surface area (Å²) in [5, 5.41) is 10.3. The zero-order valence-corrected chi connectivity index (χ0v) is 15.7. The highest BCUT2D eigenvalue weighted by molar-refractivity contribution is 5.90. The first-order valence-corrected chi connectivity index (χ1v) is 8.25. The number of hydrogen-bond acceptors (Lipinski definition) is 7. The van der Waals surface area contributed by atoms with Crippen LogP contribution >= 0.6 is 0 Å². The van der Waals surface area contributed by atoms with Gasteiger partial charge in [0.25, 0.3) is 0 Å². The fourth-order valence-electron chi connectivity index (χ4n) is 1.99. The van der Waals surface area contributed by atoms with E-state index in [-0.39, 0.29) is 18.8 Å². The van der Waals surface area contributed by atoms with Gasteiger partial charge in [-0.15, -0.1) is 0 Å². The van der Waals surface area contributed by atoms with Crippen LogP contribution in [0.1, 0.15) is 34.6 Å². The Morgan fingerprint density at radius 3 is 1.50 bits per heavy atom. The Hall–Kier alpha value is -3.70. The third kappa shape index (κ3) is 6.15. The van der Waals surface area contributed by atoms with Crippen molar-refractivity contribution in [3.05, 3.63) is 68.8 Å². The van der Waals surface area contributed by atoms with Gasteiger partial charge in [-0.05, 0) is 38.1 Å². The van der Waals surface area contributed by atoms with Crippen LogP contribution in [0.25, 0.3) is 0 Å². The maximum absolute atomic E-state index is 13.1. The number of rotatable bonds is 5. The Bertz CT molecular complexity index is 922. The van der Waals surface area contributed by atoms with Crippen LogP contribution in [0.15, 0.2) is 24.3 Å². The molecule has 0 unspecified atom stereocenters. The molecule has 0 atom stereocenters. The van der Waals surface area contributed by atoms with E-state index < -0.39 is 57.1 Å². The van der Waals surface area contributed by atoms with E-state index in [4.69, 9.17) is 5.73 Å². The van der Waals surface area contributed by atoms with Gasteiger partial charge in [0, 0.05) is 0 Å². The second kappa shape index (κ2) is 10.7. The average molecular weight is 432 g/mol. The molecule has 0 heterocycles. The smallest absolute Gasteiger partial charge is 0.340 e. The predicted octanol–water partition coefficient (Wildman–Crippen LogP) is 3.77. The number of benzene rings is 2. The number of nitrogens with two attached hydrogens (primary N) is 1. The second-order valence-corrected chi connectivity index (χ2v) is 5.34. The van der Waals surface area contributed by atoms with Crippen molar-refractivity contribution in [1.82, 2.24) is 0 Å². The molecule has 8 nitrogen and oxygen atoms in total. The molecular formula is C18H16F4N2O6. The number of anilines is 1. The summed E-state index contributed by atoms with van der Waals surface area (Å²) in [6.45, 7) is 3.31. The minimum atomic E-state index is -1.41. The highest BCUT2D eigenvalue weighted by Gasteiger charge is 2.24. The van der Waals surface area contributed by atoms with Crippen LogP contribution in [-0.2, 0) is 9.47 Å². The van der Waals surface area contributed by atoms with E-state index in [0.717, 1.165) is 12.1 Å². The number of nitrogen functional groups attached to an aromatic ring is 1. The Morgan fingerprint density at radius 2 is 1.20 bits per heavy atom. The van der Waals surface area contributed by atoms with Crippen LogP contribution in [0.3, 0.4) is 0 Å². The molecule has 0 aliphatic carbocycles. The maximum Gasteiger partial charge on any atom is 0.340 e. The van der Waals surface area contributed by atoms with Crippen molar-refractivity contribution in [2.24, 2.45) is 0 Å². The topological polar surface area (TPSA) is 122 Å². The maximum atomic E-state index is 13.1. The van der Waals surface area contributed by atoms with E-state index >= 15 is 0 Å². The first kappa shape index (κ1) is 24.3. The summed E-state index contributed by atoms with van der Waals surface area (Å²) in [5.74, 6) is -6.46. The van der Waals surface area contributed by atoms with Crippen LogP contribution in [0.4, 0.5) is 28.9 Å². The van der Waals surface area contributed by atoms with Gasteiger partial charge in [-0.3, -0.25) is 10.1 Å². The van der Waals surface area contributed by atoms with Crippen molar-refractivity contribution in [3.8, 4) is 0 Å². The standard InChI is InChI=1S/C9H7F2NO4.C9H9F2NO2/c1-2-16-9(13)5-3-6(10)8(12(14)15)7(11)4-5;1-2-14-9(13)5-3-6(10)8(12)7(11)4-5/h3-4H,2H2,1H3;3-4H,2,12H2,1H3. The number of carbonyl (C=O) groups excluding carboxylic acids is 2. The number of nitrogens with zero attached hydrogens (tertiary/aromatic N) is 1. The fraction of sp³-hybridized carbons (Fsp3) is 0.222. The lowest BCUT2D eigenvalue weighted by Crippen LogP contribution is -2.07. The largest absolute Gasteiger partial charge is 0.462 e. The number of halogens is 4. The Morgan fingerprint density at radius 1 is 0.867 bits per heavy atom. The molecule has 0 spiro atoms. The molecule has 0 aromatic heterocycles. The summed E-state index contributed by atoms with van der Waals surface area (Å²) < 4.78 is 60.9. The number of ether oxygens (including phenoxy) is 2. The normalized spacial score (nSPS) is 9.93. The van der Waals surface area contributed by atoms with Gasteiger partial charge in [0.1, 0.15) is 17.3 Å². The minimum Gasteiger partial charge on any atom is -0.462 e. The van der Waals surface area contributed by atoms with Gasteiger partial charge in [0.15, 0.2) is 0 Å². The number of hydrogen-bond donors (Lipinski definition) is 1. The van der Waals surface area contributed by atoms with E-state index in [1.807, 2.05) is 0 Å². The van der Waals surface area contributed by atoms with E-state index in [1.165, 1.54) is 6.92 Å². The van der Waals surface area contributed by atoms with Crippen LogP contribution < -0.4 is 5.73 Å². The van der Waals surface area contributed by atoms with Crippen LogP contribution in [-0.4, -0.2) is 30.1 Å². The molecule has 0 bridgehead atoms. The molecule has 0 aliphatic rings. The summed E-state index contributed by atoms with van der Waals surface area (Å²) >= 11 is 0. The molecule has 162 valence electrons. The molecule has 0 saturated carbocycles. The SMILES string of the molecule is CCOC(=O)c1cc(F)c(N)c(F)c1.CCOC(=O)c1cc(F)c([N+](=O)[O-])c(F)c1. The summed E-state index contributed by atoms with van der Waals surface area (Å²) in [4.78, 5) is 31.2. The third-order valence-electron chi connectivity index (χ3n) is 3.30. The quantitative estimate of drug-likeness (QED) is 0.251. The van der Waals surface area contributed by atoms with Gasteiger partial charge in [0.05, 0.1) is 29.3 Å². The minimum absolute atomic E-state index is 0.0407. The highest BCUT2D eigenvalue weighted by Crippen LogP contribution is 2.23. The molecular weight excluding hydrogens is 416 g/mol. The zero-order chi connectivity index (χ0) is 23.0. The number of nitro groups is 1. The van der Waals surface area contributed by atoms with E-state index in [9.17, 15) is 37.3 Å². The Balaban J connectivity index is 0.000000303. The summed E-state index contributed by atoms with van der Waals surface area (Å²) in [7, 11) is 0. The van der Waals surface area contributed by atoms with Gasteiger partial charge in [0.2, 0.25) is 11.6 Å². The lowest BCUT2D eigenvalue weighted by atomic mass is 10.2. The molecule has 0 fully saturated rings. The van der Waals surface area contributed by atoms with Gasteiger partial charge in [-0.2, -0.15) is 8.78 Å². The predicted molar refractivity (Wildman–Crippen MR) is 95.7 cm³/mol. The van der Waals surface area contributed by atoms with E-state index in [0.29, 0.717) is 12.1 Å². The number of nitro benzene ring substituents is 1.